The Bertz CT molecular complexity index is 484. The molecule has 2 atom stereocenters. The first-order valence-electron chi connectivity index (χ1n) is 7.65. The molecule has 1 N–H and O–H groups in total. The molecule has 110 valence electrons. The third-order valence-corrected chi connectivity index (χ3v) is 4.34. The summed E-state index contributed by atoms with van der Waals surface area (Å²) < 4.78 is 0. The molecule has 20 heavy (non-hydrogen) atoms. The third-order valence-electron chi connectivity index (χ3n) is 4.34. The van der Waals surface area contributed by atoms with E-state index in [-0.39, 0.29) is 18.0 Å². The van der Waals surface area contributed by atoms with E-state index >= 15 is 0 Å². The molecule has 0 saturated heterocycles. The molecule has 0 radical (unpaired) electrons. The highest BCUT2D eigenvalue weighted by Gasteiger charge is 2.20. The van der Waals surface area contributed by atoms with E-state index in [4.69, 9.17) is 0 Å². The maximum Gasteiger partial charge on any atom is 0.239 e. The number of likely N-dealkylation sites (N-methyl/N-ethyl adjacent to an activating group) is 1. The number of aryl methyl sites for hydroxylation is 2. The molecule has 0 aromatic heterocycles. The van der Waals surface area contributed by atoms with E-state index in [0.29, 0.717) is 0 Å². The Morgan fingerprint density at radius 1 is 1.30 bits per heavy atom. The van der Waals surface area contributed by atoms with Gasteiger partial charge in [-0.2, -0.15) is 0 Å². The summed E-state index contributed by atoms with van der Waals surface area (Å²) in [5.74, 6) is 0.153. The molecule has 1 aromatic rings. The minimum atomic E-state index is -0.150. The number of nitrogens with zero attached hydrogens (tertiary/aromatic N) is 1. The molecule has 3 nitrogen and oxygen atoms in total. The van der Waals surface area contributed by atoms with Crippen molar-refractivity contribution in [3.05, 3.63) is 34.9 Å². The summed E-state index contributed by atoms with van der Waals surface area (Å²) >= 11 is 0. The summed E-state index contributed by atoms with van der Waals surface area (Å²) in [5, 5.41) is 3.41. The molecule has 1 aromatic carbocycles. The second-order valence-electron chi connectivity index (χ2n) is 5.84. The van der Waals surface area contributed by atoms with Gasteiger partial charge in [-0.05, 0) is 56.7 Å². The predicted molar refractivity (Wildman–Crippen MR) is 82.8 cm³/mol. The van der Waals surface area contributed by atoms with Crippen LogP contribution in [0.15, 0.2) is 18.2 Å². The number of carbonyl (C=O) groups excluding carboxylic acids is 1. The minimum Gasteiger partial charge on any atom is -0.345 e. The van der Waals surface area contributed by atoms with E-state index in [1.807, 2.05) is 20.9 Å². The average Bonchev–Trinajstić information content (AvgIpc) is 2.92. The molecule has 2 rings (SSSR count). The van der Waals surface area contributed by atoms with Crippen LogP contribution in [-0.2, 0) is 17.6 Å². The second-order valence-corrected chi connectivity index (χ2v) is 5.84. The van der Waals surface area contributed by atoms with Gasteiger partial charge in [0.05, 0.1) is 6.04 Å². The zero-order valence-electron chi connectivity index (χ0n) is 13.1. The zero-order valence-corrected chi connectivity index (χ0v) is 13.1. The van der Waals surface area contributed by atoms with Crippen LogP contribution in [0, 0.1) is 0 Å². The fraction of sp³-hybridized carbons (Fsp3) is 0.588. The van der Waals surface area contributed by atoms with Crippen molar-refractivity contribution in [1.82, 2.24) is 10.2 Å². The summed E-state index contributed by atoms with van der Waals surface area (Å²) in [7, 11) is 1.85. The summed E-state index contributed by atoms with van der Waals surface area (Å²) in [4.78, 5) is 13.8. The Balaban J connectivity index is 2.01. The first-order valence-corrected chi connectivity index (χ1v) is 7.65. The van der Waals surface area contributed by atoms with Gasteiger partial charge in [-0.1, -0.05) is 18.2 Å². The maximum atomic E-state index is 12.1. The smallest absolute Gasteiger partial charge is 0.239 e. The summed E-state index contributed by atoms with van der Waals surface area (Å²) in [6, 6.07) is 6.80. The Morgan fingerprint density at radius 3 is 2.70 bits per heavy atom. The van der Waals surface area contributed by atoms with Gasteiger partial charge in [-0.25, -0.2) is 0 Å². The first-order chi connectivity index (χ1) is 9.52. The van der Waals surface area contributed by atoms with Gasteiger partial charge in [0.25, 0.3) is 0 Å². The van der Waals surface area contributed by atoms with Gasteiger partial charge in [-0.15, -0.1) is 0 Å². The van der Waals surface area contributed by atoms with Crippen molar-refractivity contribution in [2.24, 2.45) is 0 Å². The molecule has 0 heterocycles. The molecule has 2 unspecified atom stereocenters. The van der Waals surface area contributed by atoms with Crippen LogP contribution in [0.5, 0.6) is 0 Å². The largest absolute Gasteiger partial charge is 0.345 e. The second kappa shape index (κ2) is 6.40. The molecule has 0 bridgehead atoms. The van der Waals surface area contributed by atoms with E-state index in [1.165, 1.54) is 36.0 Å². The van der Waals surface area contributed by atoms with Crippen molar-refractivity contribution in [2.75, 3.05) is 13.6 Å². The van der Waals surface area contributed by atoms with Crippen LogP contribution in [0.1, 0.15) is 49.9 Å². The monoisotopic (exact) mass is 274 g/mol. The minimum absolute atomic E-state index is 0.150. The van der Waals surface area contributed by atoms with E-state index in [2.05, 4.69) is 30.4 Å². The molecule has 1 amide bonds. The quantitative estimate of drug-likeness (QED) is 0.895. The number of hydrogen-bond acceptors (Lipinski definition) is 2. The highest BCUT2D eigenvalue weighted by atomic mass is 16.2. The predicted octanol–water partition coefficient (Wildman–Crippen LogP) is 2.69. The maximum absolute atomic E-state index is 12.1. The van der Waals surface area contributed by atoms with Crippen LogP contribution in [0.3, 0.4) is 0 Å². The Morgan fingerprint density at radius 2 is 2.00 bits per heavy atom. The van der Waals surface area contributed by atoms with Crippen molar-refractivity contribution < 1.29 is 4.79 Å². The number of fused-ring (bicyclic) bond motifs is 1. The highest BCUT2D eigenvalue weighted by Crippen LogP contribution is 2.25. The Labute approximate surface area is 122 Å². The molecular formula is C17H26N2O. The average molecular weight is 274 g/mol. The zero-order chi connectivity index (χ0) is 14.7. The van der Waals surface area contributed by atoms with E-state index in [0.717, 1.165) is 6.54 Å². The summed E-state index contributed by atoms with van der Waals surface area (Å²) in [6.07, 6.45) is 3.69. The van der Waals surface area contributed by atoms with E-state index < -0.39 is 0 Å². The van der Waals surface area contributed by atoms with Gasteiger partial charge in [0.1, 0.15) is 0 Å². The van der Waals surface area contributed by atoms with Crippen LogP contribution < -0.4 is 5.32 Å². The lowest BCUT2D eigenvalue weighted by Gasteiger charge is -2.24. The molecule has 1 aliphatic carbocycles. The van der Waals surface area contributed by atoms with E-state index in [1.54, 1.807) is 4.90 Å². The summed E-state index contributed by atoms with van der Waals surface area (Å²) in [5.41, 5.74) is 4.26. The van der Waals surface area contributed by atoms with Crippen molar-refractivity contribution in [1.29, 1.82) is 0 Å². The Kier molecular flexibility index (Phi) is 4.81. The number of benzene rings is 1. The first kappa shape index (κ1) is 15.0. The summed E-state index contributed by atoms with van der Waals surface area (Å²) in [6.45, 7) is 6.82. The number of rotatable bonds is 5. The normalized spacial score (nSPS) is 16.6. The molecule has 0 saturated carbocycles. The van der Waals surface area contributed by atoms with E-state index in [9.17, 15) is 4.79 Å². The van der Waals surface area contributed by atoms with Crippen molar-refractivity contribution in [2.45, 2.75) is 52.1 Å². The van der Waals surface area contributed by atoms with Gasteiger partial charge in [0.2, 0.25) is 5.91 Å². The highest BCUT2D eigenvalue weighted by molar-refractivity contribution is 5.81. The molecule has 1 aliphatic rings. The molecule has 3 heteroatoms. The lowest BCUT2D eigenvalue weighted by atomic mass is 10.0. The van der Waals surface area contributed by atoms with Crippen LogP contribution in [0.4, 0.5) is 0 Å². The number of carbonyl (C=O) groups is 1. The van der Waals surface area contributed by atoms with Crippen molar-refractivity contribution in [3.63, 3.8) is 0 Å². The van der Waals surface area contributed by atoms with Gasteiger partial charge >= 0.3 is 0 Å². The number of amides is 1. The van der Waals surface area contributed by atoms with Crippen LogP contribution >= 0.6 is 0 Å². The van der Waals surface area contributed by atoms with Crippen LogP contribution in [0.2, 0.25) is 0 Å². The number of hydrogen-bond donors (Lipinski definition) is 1. The van der Waals surface area contributed by atoms with Gasteiger partial charge in [0.15, 0.2) is 0 Å². The fourth-order valence-corrected chi connectivity index (χ4v) is 2.89. The van der Waals surface area contributed by atoms with Gasteiger partial charge < -0.3 is 4.90 Å². The molecular weight excluding hydrogens is 248 g/mol. The lowest BCUT2D eigenvalue weighted by molar-refractivity contribution is -0.131. The molecule has 0 fully saturated rings. The standard InChI is InChI=1S/C17H26N2O/c1-5-19(4)17(20)13(3)18-12(2)15-10-9-14-7-6-8-16(14)11-15/h9-13,18H,5-8H2,1-4H3. The number of nitrogens with one attached hydrogen (secondary N) is 1. The lowest BCUT2D eigenvalue weighted by Crippen LogP contribution is -2.43. The third kappa shape index (κ3) is 3.21. The van der Waals surface area contributed by atoms with Gasteiger partial charge in [0, 0.05) is 19.6 Å². The van der Waals surface area contributed by atoms with Crippen molar-refractivity contribution >= 4 is 5.91 Å². The van der Waals surface area contributed by atoms with Gasteiger partial charge in [-0.3, -0.25) is 10.1 Å². The molecule has 0 spiro atoms. The SMILES string of the molecule is CCN(C)C(=O)C(C)NC(C)c1ccc2c(c1)CCC2. The Hall–Kier alpha value is -1.35. The van der Waals surface area contributed by atoms with Crippen LogP contribution in [-0.4, -0.2) is 30.4 Å². The fourth-order valence-electron chi connectivity index (χ4n) is 2.89. The van der Waals surface area contributed by atoms with Crippen LogP contribution in [0.25, 0.3) is 0 Å². The topological polar surface area (TPSA) is 32.3 Å². The van der Waals surface area contributed by atoms with Crippen molar-refractivity contribution in [3.8, 4) is 0 Å². The molecule has 0 aliphatic heterocycles.